The van der Waals surface area contributed by atoms with Crippen molar-refractivity contribution in [2.45, 2.75) is 32.0 Å². The average molecular weight is 191 g/mol. The van der Waals surface area contributed by atoms with Crippen molar-refractivity contribution in [3.63, 3.8) is 0 Å². The highest BCUT2D eigenvalue weighted by Crippen LogP contribution is 2.23. The SMILES string of the molecule is [CH3][Al][O]c1ccc(C(C)(C)C)cc1. The minimum Gasteiger partial charge on any atom is -0.648 e. The van der Waals surface area contributed by atoms with Gasteiger partial charge >= 0.3 is 15.6 Å². The van der Waals surface area contributed by atoms with E-state index in [0.29, 0.717) is 0 Å². The van der Waals surface area contributed by atoms with E-state index in [1.54, 1.807) is 0 Å². The van der Waals surface area contributed by atoms with E-state index in [2.05, 4.69) is 50.8 Å². The Labute approximate surface area is 87.2 Å². The van der Waals surface area contributed by atoms with Crippen LogP contribution in [0, 0.1) is 0 Å². The van der Waals surface area contributed by atoms with Crippen molar-refractivity contribution in [3.05, 3.63) is 29.8 Å². The van der Waals surface area contributed by atoms with E-state index in [9.17, 15) is 0 Å². The molecule has 0 bridgehead atoms. The average Bonchev–Trinajstić information content (AvgIpc) is 2.04. The molecule has 0 amide bonds. The first kappa shape index (κ1) is 10.6. The molecule has 0 saturated heterocycles. The summed E-state index contributed by atoms with van der Waals surface area (Å²) in [6.45, 7) is 6.65. The van der Waals surface area contributed by atoms with E-state index < -0.39 is 0 Å². The van der Waals surface area contributed by atoms with Crippen LogP contribution in [0.1, 0.15) is 26.3 Å². The van der Waals surface area contributed by atoms with Crippen LogP contribution in [0.3, 0.4) is 0 Å². The lowest BCUT2D eigenvalue weighted by Gasteiger charge is -2.19. The molecule has 2 heteroatoms. The Morgan fingerprint density at radius 1 is 1.08 bits per heavy atom. The maximum atomic E-state index is 5.46. The van der Waals surface area contributed by atoms with Gasteiger partial charge in [0, 0.05) is 0 Å². The molecule has 0 N–H and O–H groups in total. The van der Waals surface area contributed by atoms with Crippen LogP contribution in [0.15, 0.2) is 24.3 Å². The fourth-order valence-electron chi connectivity index (χ4n) is 1.17. The molecule has 0 saturated carbocycles. The second-order valence-corrected chi connectivity index (χ2v) is 4.84. The second kappa shape index (κ2) is 4.18. The van der Waals surface area contributed by atoms with Crippen molar-refractivity contribution in [3.8, 4) is 5.75 Å². The van der Waals surface area contributed by atoms with Crippen molar-refractivity contribution in [1.29, 1.82) is 0 Å². The molecule has 0 unspecified atom stereocenters. The minimum absolute atomic E-state index is 0.0940. The lowest BCUT2D eigenvalue weighted by Crippen LogP contribution is -2.10. The molecule has 0 fully saturated rings. The van der Waals surface area contributed by atoms with Gasteiger partial charge in [0.25, 0.3) is 0 Å². The molecule has 69 valence electrons. The molecule has 1 radical (unpaired) electrons. The van der Waals surface area contributed by atoms with E-state index in [0.717, 1.165) is 5.75 Å². The smallest absolute Gasteiger partial charge is 0.519 e. The first-order chi connectivity index (χ1) is 6.04. The van der Waals surface area contributed by atoms with Crippen LogP contribution >= 0.6 is 0 Å². The van der Waals surface area contributed by atoms with E-state index in [1.807, 2.05) is 0 Å². The Bertz CT molecular complexity index is 258. The Morgan fingerprint density at radius 3 is 2.00 bits per heavy atom. The van der Waals surface area contributed by atoms with Gasteiger partial charge in [-0.15, -0.1) is 0 Å². The summed E-state index contributed by atoms with van der Waals surface area (Å²) in [6, 6.07) is 8.39. The highest BCUT2D eigenvalue weighted by atomic mass is 27.1. The molecule has 13 heavy (non-hydrogen) atoms. The fraction of sp³-hybridized carbons (Fsp3) is 0.455. The molecule has 0 aliphatic rings. The predicted octanol–water partition coefficient (Wildman–Crippen LogP) is 3.03. The van der Waals surface area contributed by atoms with Crippen molar-refractivity contribution < 1.29 is 3.79 Å². The summed E-state index contributed by atoms with van der Waals surface area (Å²) in [6.07, 6.45) is 0. The van der Waals surface area contributed by atoms with Gasteiger partial charge in [-0.3, -0.25) is 0 Å². The van der Waals surface area contributed by atoms with Crippen molar-refractivity contribution in [2.24, 2.45) is 0 Å². The number of hydrogen-bond donors (Lipinski definition) is 0. The van der Waals surface area contributed by atoms with Crippen molar-refractivity contribution in [1.82, 2.24) is 0 Å². The highest BCUT2D eigenvalue weighted by Gasteiger charge is 2.12. The van der Waals surface area contributed by atoms with Gasteiger partial charge in [0.2, 0.25) is 0 Å². The zero-order valence-electron chi connectivity index (χ0n) is 8.79. The number of hydrogen-bond acceptors (Lipinski definition) is 1. The summed E-state index contributed by atoms with van der Waals surface area (Å²) >= 11 is 0.0940. The summed E-state index contributed by atoms with van der Waals surface area (Å²) in [4.78, 5) is 0. The van der Waals surface area contributed by atoms with E-state index in [-0.39, 0.29) is 21.0 Å². The number of rotatable bonds is 2. The summed E-state index contributed by atoms with van der Waals surface area (Å²) in [5.74, 6) is 3.07. The lowest BCUT2D eigenvalue weighted by atomic mass is 9.87. The van der Waals surface area contributed by atoms with Gasteiger partial charge in [0.1, 0.15) is 0 Å². The number of benzene rings is 1. The van der Waals surface area contributed by atoms with E-state index in [1.165, 1.54) is 5.56 Å². The molecule has 1 nitrogen and oxygen atoms in total. The zero-order valence-corrected chi connectivity index (χ0v) is 9.95. The van der Waals surface area contributed by atoms with Crippen molar-refractivity contribution >= 4 is 15.6 Å². The lowest BCUT2D eigenvalue weighted by molar-refractivity contribution is 0.580. The minimum atomic E-state index is 0.0940. The third-order valence-corrected chi connectivity index (χ3v) is 2.48. The molecule has 0 aromatic heterocycles. The summed E-state index contributed by atoms with van der Waals surface area (Å²) in [7, 11) is 0. The molecule has 1 rings (SSSR count). The Morgan fingerprint density at radius 2 is 1.62 bits per heavy atom. The molecular formula is C11H16AlO. The van der Waals surface area contributed by atoms with Crippen LogP contribution in [0.25, 0.3) is 0 Å². The zero-order chi connectivity index (χ0) is 9.90. The normalized spacial score (nSPS) is 11.1. The molecule has 0 aliphatic heterocycles. The van der Waals surface area contributed by atoms with Crippen LogP contribution in [0.5, 0.6) is 5.75 Å². The van der Waals surface area contributed by atoms with Gasteiger partial charge in [0.15, 0.2) is 0 Å². The van der Waals surface area contributed by atoms with Crippen LogP contribution < -0.4 is 3.79 Å². The van der Waals surface area contributed by atoms with Gasteiger partial charge in [-0.1, -0.05) is 38.7 Å². The first-order valence-corrected chi connectivity index (χ1v) is 6.21. The van der Waals surface area contributed by atoms with Crippen LogP contribution in [0.4, 0.5) is 0 Å². The molecule has 0 atom stereocenters. The monoisotopic (exact) mass is 191 g/mol. The maximum Gasteiger partial charge on any atom is 0.519 e. The molecule has 0 spiro atoms. The van der Waals surface area contributed by atoms with Crippen LogP contribution in [0.2, 0.25) is 5.79 Å². The third-order valence-electron chi connectivity index (χ3n) is 1.97. The third kappa shape index (κ3) is 3.06. The van der Waals surface area contributed by atoms with Gasteiger partial charge in [-0.05, 0) is 23.1 Å². The highest BCUT2D eigenvalue weighted by molar-refractivity contribution is 6.26. The fourth-order valence-corrected chi connectivity index (χ4v) is 1.60. The van der Waals surface area contributed by atoms with Crippen molar-refractivity contribution in [2.75, 3.05) is 0 Å². The summed E-state index contributed by atoms with van der Waals surface area (Å²) in [5.41, 5.74) is 1.59. The summed E-state index contributed by atoms with van der Waals surface area (Å²) < 4.78 is 5.46. The Hall–Kier alpha value is -0.448. The Balaban J connectivity index is 2.81. The first-order valence-electron chi connectivity index (χ1n) is 4.59. The standard InChI is InChI=1S/C10H14O.CH3.Al/c1-10(2,3)8-4-6-9(11)7-5-8;;/h4-7,11H,1-3H3;1H3;/q;;+1/p-1. The van der Waals surface area contributed by atoms with Gasteiger partial charge in [0.05, 0.1) is 5.75 Å². The summed E-state index contributed by atoms with van der Waals surface area (Å²) in [5, 5.41) is 0. The van der Waals surface area contributed by atoms with Crippen LogP contribution in [-0.2, 0) is 5.41 Å². The van der Waals surface area contributed by atoms with Gasteiger partial charge in [-0.25, -0.2) is 0 Å². The predicted molar refractivity (Wildman–Crippen MR) is 57.4 cm³/mol. The van der Waals surface area contributed by atoms with E-state index in [4.69, 9.17) is 3.79 Å². The van der Waals surface area contributed by atoms with Gasteiger partial charge in [-0.2, -0.15) is 0 Å². The quantitative estimate of drug-likeness (QED) is 0.653. The van der Waals surface area contributed by atoms with E-state index >= 15 is 0 Å². The second-order valence-electron chi connectivity index (χ2n) is 4.13. The molecule has 0 heterocycles. The molecule has 1 aromatic rings. The Kier molecular flexibility index (Phi) is 3.41. The maximum absolute atomic E-state index is 5.46. The van der Waals surface area contributed by atoms with Gasteiger partial charge < -0.3 is 3.79 Å². The molecule has 1 aromatic carbocycles. The largest absolute Gasteiger partial charge is 0.648 e. The molecule has 0 aliphatic carbocycles. The topological polar surface area (TPSA) is 9.23 Å². The van der Waals surface area contributed by atoms with Crippen LogP contribution in [-0.4, -0.2) is 15.6 Å². The molecular weight excluding hydrogens is 175 g/mol.